The Bertz CT molecular complexity index is 765. The number of anilines is 2. The number of nitrogens with zero attached hydrogens (tertiary/aromatic N) is 1. The van der Waals surface area contributed by atoms with Gasteiger partial charge in [-0.1, -0.05) is 35.3 Å². The van der Waals surface area contributed by atoms with E-state index in [2.05, 4.69) is 10.6 Å². The van der Waals surface area contributed by atoms with Crippen LogP contribution in [0.15, 0.2) is 42.5 Å². The molecule has 2 rings (SSSR count). The Hall–Kier alpha value is -2.24. The molecular formula is C17H17Cl2N3O2. The molecule has 0 aliphatic carbocycles. The summed E-state index contributed by atoms with van der Waals surface area (Å²) in [6, 6.07) is 11.9. The summed E-state index contributed by atoms with van der Waals surface area (Å²) in [7, 11) is 1.68. The highest BCUT2D eigenvalue weighted by atomic mass is 35.5. The Morgan fingerprint density at radius 1 is 1.08 bits per heavy atom. The van der Waals surface area contributed by atoms with Crippen LogP contribution in [0.5, 0.6) is 0 Å². The topological polar surface area (TPSA) is 61.4 Å². The summed E-state index contributed by atoms with van der Waals surface area (Å²) in [5, 5.41) is 6.34. The van der Waals surface area contributed by atoms with Crippen LogP contribution in [0, 0.1) is 0 Å². The highest BCUT2D eigenvalue weighted by molar-refractivity contribution is 6.34. The summed E-state index contributed by atoms with van der Waals surface area (Å²) in [5.74, 6) is -0.213. The third-order valence-electron chi connectivity index (χ3n) is 3.19. The molecule has 2 aromatic rings. The quantitative estimate of drug-likeness (QED) is 0.830. The van der Waals surface area contributed by atoms with E-state index in [-0.39, 0.29) is 11.9 Å². The van der Waals surface area contributed by atoms with E-state index in [1.54, 1.807) is 31.3 Å². The van der Waals surface area contributed by atoms with E-state index < -0.39 is 0 Å². The van der Waals surface area contributed by atoms with Gasteiger partial charge >= 0.3 is 6.03 Å². The number of nitrogens with one attached hydrogen (secondary N) is 2. The minimum atomic E-state index is -0.279. The molecular weight excluding hydrogens is 349 g/mol. The normalized spacial score (nSPS) is 10.2. The molecule has 2 N–H and O–H groups in total. The number of rotatable bonds is 4. The Balaban J connectivity index is 2.00. The average Bonchev–Trinajstić information content (AvgIpc) is 2.49. The number of amides is 3. The van der Waals surface area contributed by atoms with Crippen molar-refractivity contribution in [3.8, 4) is 0 Å². The largest absolute Gasteiger partial charge is 0.325 e. The van der Waals surface area contributed by atoms with Crippen LogP contribution in [0.1, 0.15) is 12.5 Å². The predicted octanol–water partition coefficient (Wildman–Crippen LogP) is 4.62. The van der Waals surface area contributed by atoms with Crippen molar-refractivity contribution in [2.75, 3.05) is 17.7 Å². The predicted molar refractivity (Wildman–Crippen MR) is 97.7 cm³/mol. The van der Waals surface area contributed by atoms with Gasteiger partial charge in [-0.15, -0.1) is 0 Å². The van der Waals surface area contributed by atoms with E-state index in [0.717, 1.165) is 5.56 Å². The average molecular weight is 366 g/mol. The molecule has 3 amide bonds. The Labute approximate surface area is 150 Å². The van der Waals surface area contributed by atoms with Crippen LogP contribution in [0.3, 0.4) is 0 Å². The monoisotopic (exact) mass is 365 g/mol. The fourth-order valence-electron chi connectivity index (χ4n) is 2.08. The molecule has 0 unspecified atom stereocenters. The maximum Gasteiger partial charge on any atom is 0.321 e. The molecule has 0 atom stereocenters. The van der Waals surface area contributed by atoms with E-state index in [1.807, 2.05) is 18.2 Å². The minimum absolute atomic E-state index is 0.213. The van der Waals surface area contributed by atoms with Gasteiger partial charge in [0.1, 0.15) is 0 Å². The van der Waals surface area contributed by atoms with Crippen LogP contribution in [0.25, 0.3) is 0 Å². The lowest BCUT2D eigenvalue weighted by Gasteiger charge is -2.18. The minimum Gasteiger partial charge on any atom is -0.325 e. The van der Waals surface area contributed by atoms with Crippen molar-refractivity contribution < 1.29 is 9.59 Å². The van der Waals surface area contributed by atoms with Crippen molar-refractivity contribution in [2.45, 2.75) is 13.5 Å². The zero-order valence-corrected chi connectivity index (χ0v) is 14.8. The Kier molecular flexibility index (Phi) is 6.06. The van der Waals surface area contributed by atoms with Crippen molar-refractivity contribution >= 4 is 46.5 Å². The molecule has 0 saturated carbocycles. The van der Waals surface area contributed by atoms with Gasteiger partial charge in [0.05, 0.1) is 10.7 Å². The van der Waals surface area contributed by atoms with Gasteiger partial charge in [0.15, 0.2) is 0 Å². The first-order valence-corrected chi connectivity index (χ1v) is 7.94. The van der Waals surface area contributed by atoms with E-state index >= 15 is 0 Å². The third kappa shape index (κ3) is 5.15. The van der Waals surface area contributed by atoms with Crippen LogP contribution in [0.4, 0.5) is 16.2 Å². The van der Waals surface area contributed by atoms with Gasteiger partial charge < -0.3 is 15.5 Å². The molecule has 0 radical (unpaired) electrons. The first-order valence-electron chi connectivity index (χ1n) is 7.19. The molecule has 0 spiro atoms. The summed E-state index contributed by atoms with van der Waals surface area (Å²) in [6.45, 7) is 1.82. The highest BCUT2D eigenvalue weighted by Crippen LogP contribution is 2.25. The summed E-state index contributed by atoms with van der Waals surface area (Å²) >= 11 is 12.0. The number of urea groups is 1. The number of hydrogen-bond acceptors (Lipinski definition) is 2. The fraction of sp³-hybridized carbons (Fsp3) is 0.176. The van der Waals surface area contributed by atoms with Crippen LogP contribution in [0.2, 0.25) is 10.0 Å². The molecule has 2 aromatic carbocycles. The highest BCUT2D eigenvalue weighted by Gasteiger charge is 2.11. The smallest absolute Gasteiger partial charge is 0.321 e. The summed E-state index contributed by atoms with van der Waals surface area (Å²) < 4.78 is 0. The van der Waals surface area contributed by atoms with Crippen LogP contribution in [-0.2, 0) is 11.3 Å². The van der Waals surface area contributed by atoms with Crippen molar-refractivity contribution in [3.63, 3.8) is 0 Å². The molecule has 0 aliphatic heterocycles. The maximum atomic E-state index is 12.2. The van der Waals surface area contributed by atoms with E-state index in [4.69, 9.17) is 23.2 Å². The lowest BCUT2D eigenvalue weighted by molar-refractivity contribution is -0.114. The van der Waals surface area contributed by atoms with E-state index in [9.17, 15) is 9.59 Å². The molecule has 0 saturated heterocycles. The summed E-state index contributed by atoms with van der Waals surface area (Å²) in [5.41, 5.74) is 1.96. The Morgan fingerprint density at radius 3 is 2.46 bits per heavy atom. The van der Waals surface area contributed by atoms with Crippen molar-refractivity contribution in [3.05, 3.63) is 58.1 Å². The zero-order chi connectivity index (χ0) is 17.7. The van der Waals surface area contributed by atoms with Gasteiger partial charge in [-0.05, 0) is 35.9 Å². The fourth-order valence-corrected chi connectivity index (χ4v) is 2.52. The summed E-state index contributed by atoms with van der Waals surface area (Å²) in [4.78, 5) is 24.8. The first-order chi connectivity index (χ1) is 11.3. The van der Waals surface area contributed by atoms with Crippen molar-refractivity contribution in [1.82, 2.24) is 4.90 Å². The van der Waals surface area contributed by atoms with Crippen molar-refractivity contribution in [1.29, 1.82) is 0 Å². The van der Waals surface area contributed by atoms with Crippen molar-refractivity contribution in [2.24, 2.45) is 0 Å². The molecule has 126 valence electrons. The molecule has 5 nitrogen and oxygen atoms in total. The number of hydrogen-bond donors (Lipinski definition) is 2. The van der Waals surface area contributed by atoms with Gasteiger partial charge in [-0.2, -0.15) is 0 Å². The van der Waals surface area contributed by atoms with Gasteiger partial charge in [-0.3, -0.25) is 4.79 Å². The zero-order valence-electron chi connectivity index (χ0n) is 13.3. The summed E-state index contributed by atoms with van der Waals surface area (Å²) in [6.07, 6.45) is 0. The van der Waals surface area contributed by atoms with Crippen LogP contribution >= 0.6 is 23.2 Å². The lowest BCUT2D eigenvalue weighted by Crippen LogP contribution is -2.30. The molecule has 0 bridgehead atoms. The van der Waals surface area contributed by atoms with Crippen LogP contribution < -0.4 is 10.6 Å². The Morgan fingerprint density at radius 2 is 1.83 bits per heavy atom. The molecule has 0 fully saturated rings. The second-order valence-corrected chi connectivity index (χ2v) is 6.14. The second-order valence-electron chi connectivity index (χ2n) is 5.29. The number of carbonyl (C=O) groups is 2. The van der Waals surface area contributed by atoms with Crippen LogP contribution in [-0.4, -0.2) is 23.9 Å². The second kappa shape index (κ2) is 8.04. The lowest BCUT2D eigenvalue weighted by atomic mass is 10.2. The van der Waals surface area contributed by atoms with E-state index in [0.29, 0.717) is 28.0 Å². The van der Waals surface area contributed by atoms with Gasteiger partial charge in [0.2, 0.25) is 5.91 Å². The first kappa shape index (κ1) is 18.1. The number of carbonyl (C=O) groups excluding carboxylic acids is 2. The van der Waals surface area contributed by atoms with E-state index in [1.165, 1.54) is 11.8 Å². The molecule has 0 heterocycles. The van der Waals surface area contributed by atoms with Gasteiger partial charge in [-0.25, -0.2) is 4.79 Å². The molecule has 0 aliphatic rings. The van der Waals surface area contributed by atoms with Gasteiger partial charge in [0, 0.05) is 31.2 Å². The standard InChI is InChI=1S/C17H17Cl2N3O2/c1-11(23)20-16-7-6-14(9-15(16)19)21-17(24)22(2)10-12-4-3-5-13(18)8-12/h3-9H,10H2,1-2H3,(H,20,23)(H,21,24). The molecule has 0 aromatic heterocycles. The SMILES string of the molecule is CC(=O)Nc1ccc(NC(=O)N(C)Cc2cccc(Cl)c2)cc1Cl. The maximum absolute atomic E-state index is 12.2. The third-order valence-corrected chi connectivity index (χ3v) is 3.73. The number of halogens is 2. The molecule has 7 heteroatoms. The van der Waals surface area contributed by atoms with Gasteiger partial charge in [0.25, 0.3) is 0 Å². The number of benzene rings is 2. The molecule has 24 heavy (non-hydrogen) atoms.